The standard InChI is InChI=1S/C18H17FN4O4S/c1-26-14-5-4-11(9-12(14)19)13(24)10-28-18-22-21-17(15-3-2-8-27-15)23(18)7-6-16(20)25/h2-5,8-9H,6-7,10H2,1H3,(H2,20,25). The number of carbonyl (C=O) groups excluding carboxylic acids is 2. The van der Waals surface area contributed by atoms with Gasteiger partial charge >= 0.3 is 0 Å². The van der Waals surface area contributed by atoms with Gasteiger partial charge in [0.2, 0.25) is 5.91 Å². The number of benzene rings is 1. The molecule has 2 N–H and O–H groups in total. The Morgan fingerprint density at radius 1 is 1.32 bits per heavy atom. The largest absolute Gasteiger partial charge is 0.494 e. The summed E-state index contributed by atoms with van der Waals surface area (Å²) >= 11 is 1.13. The topological polar surface area (TPSA) is 113 Å². The molecular weight excluding hydrogens is 387 g/mol. The highest BCUT2D eigenvalue weighted by Gasteiger charge is 2.18. The van der Waals surface area contributed by atoms with Gasteiger partial charge in [0.1, 0.15) is 0 Å². The molecule has 0 bridgehead atoms. The third kappa shape index (κ3) is 4.39. The molecule has 2 heterocycles. The van der Waals surface area contributed by atoms with Crippen LogP contribution in [0.1, 0.15) is 16.8 Å². The minimum absolute atomic E-state index is 0.0125. The molecule has 0 aliphatic rings. The van der Waals surface area contributed by atoms with E-state index in [2.05, 4.69) is 10.2 Å². The molecule has 0 saturated carbocycles. The zero-order valence-corrected chi connectivity index (χ0v) is 15.7. The number of amides is 1. The Bertz CT molecular complexity index is 988. The number of aromatic nitrogens is 3. The molecule has 0 spiro atoms. The molecule has 10 heteroatoms. The molecule has 0 radical (unpaired) electrons. The molecule has 1 amide bonds. The normalized spacial score (nSPS) is 10.8. The third-order valence-corrected chi connectivity index (χ3v) is 4.81. The zero-order chi connectivity index (χ0) is 20.1. The van der Waals surface area contributed by atoms with Crippen LogP contribution in [-0.2, 0) is 11.3 Å². The fourth-order valence-electron chi connectivity index (χ4n) is 2.46. The number of rotatable bonds is 9. The van der Waals surface area contributed by atoms with E-state index in [1.165, 1.54) is 25.5 Å². The van der Waals surface area contributed by atoms with E-state index in [9.17, 15) is 14.0 Å². The number of carbonyl (C=O) groups is 2. The summed E-state index contributed by atoms with van der Waals surface area (Å²) in [6.07, 6.45) is 1.58. The molecule has 0 saturated heterocycles. The molecule has 0 fully saturated rings. The van der Waals surface area contributed by atoms with Crippen LogP contribution < -0.4 is 10.5 Å². The molecule has 3 rings (SSSR count). The number of thioether (sulfide) groups is 1. The lowest BCUT2D eigenvalue weighted by molar-refractivity contribution is -0.118. The number of primary amides is 1. The van der Waals surface area contributed by atoms with Crippen molar-refractivity contribution < 1.29 is 23.1 Å². The van der Waals surface area contributed by atoms with Crippen molar-refractivity contribution in [3.8, 4) is 17.3 Å². The maximum absolute atomic E-state index is 13.8. The van der Waals surface area contributed by atoms with Crippen LogP contribution in [0.15, 0.2) is 46.2 Å². The quantitative estimate of drug-likeness (QED) is 0.431. The van der Waals surface area contributed by atoms with Gasteiger partial charge < -0.3 is 14.9 Å². The Kier molecular flexibility index (Phi) is 6.09. The highest BCUT2D eigenvalue weighted by Crippen LogP contribution is 2.26. The minimum Gasteiger partial charge on any atom is -0.494 e. The summed E-state index contributed by atoms with van der Waals surface area (Å²) in [5, 5.41) is 8.59. The summed E-state index contributed by atoms with van der Waals surface area (Å²) in [6, 6.07) is 7.45. The summed E-state index contributed by atoms with van der Waals surface area (Å²) in [5.74, 6) is -0.375. The van der Waals surface area contributed by atoms with E-state index in [0.717, 1.165) is 17.8 Å². The summed E-state index contributed by atoms with van der Waals surface area (Å²) in [6.45, 7) is 0.242. The SMILES string of the molecule is COc1ccc(C(=O)CSc2nnc(-c3ccco3)n2CCC(N)=O)cc1F. The maximum Gasteiger partial charge on any atom is 0.219 e. The molecule has 0 unspecified atom stereocenters. The lowest BCUT2D eigenvalue weighted by atomic mass is 10.1. The summed E-state index contributed by atoms with van der Waals surface area (Å²) in [4.78, 5) is 23.6. The fourth-order valence-corrected chi connectivity index (χ4v) is 3.32. The Morgan fingerprint density at radius 3 is 2.79 bits per heavy atom. The van der Waals surface area contributed by atoms with Gasteiger partial charge in [-0.15, -0.1) is 10.2 Å². The van der Waals surface area contributed by atoms with E-state index >= 15 is 0 Å². The van der Waals surface area contributed by atoms with Gasteiger partial charge in [-0.1, -0.05) is 11.8 Å². The fraction of sp³-hybridized carbons (Fsp3) is 0.222. The van der Waals surface area contributed by atoms with E-state index in [4.69, 9.17) is 14.9 Å². The molecule has 0 atom stereocenters. The van der Waals surface area contributed by atoms with Crippen molar-refractivity contribution in [2.75, 3.05) is 12.9 Å². The Hall–Kier alpha value is -3.14. The van der Waals surface area contributed by atoms with Crippen molar-refractivity contribution in [1.29, 1.82) is 0 Å². The molecule has 2 aromatic heterocycles. The summed E-state index contributed by atoms with van der Waals surface area (Å²) < 4.78 is 25.7. The molecular formula is C18H17FN4O4S. The van der Waals surface area contributed by atoms with Crippen LogP contribution in [0.3, 0.4) is 0 Å². The van der Waals surface area contributed by atoms with Crippen LogP contribution in [0.5, 0.6) is 5.75 Å². The van der Waals surface area contributed by atoms with E-state index in [1.54, 1.807) is 16.7 Å². The van der Waals surface area contributed by atoms with E-state index < -0.39 is 11.7 Å². The molecule has 8 nitrogen and oxygen atoms in total. The number of furan rings is 1. The molecule has 1 aromatic carbocycles. The highest BCUT2D eigenvalue weighted by molar-refractivity contribution is 7.99. The van der Waals surface area contributed by atoms with Gasteiger partial charge in [-0.2, -0.15) is 0 Å². The first kappa shape index (κ1) is 19.6. The molecule has 3 aromatic rings. The number of hydrogen-bond donors (Lipinski definition) is 1. The van der Waals surface area contributed by atoms with E-state index in [-0.39, 0.29) is 35.8 Å². The van der Waals surface area contributed by atoms with Crippen LogP contribution in [0.4, 0.5) is 4.39 Å². The number of nitrogens with two attached hydrogens (primary N) is 1. The van der Waals surface area contributed by atoms with Crippen molar-refractivity contribution in [2.24, 2.45) is 5.73 Å². The average molecular weight is 404 g/mol. The molecule has 146 valence electrons. The van der Waals surface area contributed by atoms with Crippen LogP contribution in [-0.4, -0.2) is 39.3 Å². The first-order valence-corrected chi connectivity index (χ1v) is 9.23. The first-order chi connectivity index (χ1) is 13.5. The van der Waals surface area contributed by atoms with Gasteiger partial charge in [-0.05, 0) is 30.3 Å². The number of Topliss-reactive ketones (excluding diaryl/α,β-unsaturated/α-hetero) is 1. The highest BCUT2D eigenvalue weighted by atomic mass is 32.2. The Labute approximate surface area is 163 Å². The van der Waals surface area contributed by atoms with Crippen molar-refractivity contribution in [3.63, 3.8) is 0 Å². The van der Waals surface area contributed by atoms with Crippen molar-refractivity contribution >= 4 is 23.5 Å². The van der Waals surface area contributed by atoms with E-state index in [1.807, 2.05) is 0 Å². The smallest absolute Gasteiger partial charge is 0.219 e. The van der Waals surface area contributed by atoms with Crippen molar-refractivity contribution in [3.05, 3.63) is 48.0 Å². The number of halogens is 1. The Morgan fingerprint density at radius 2 is 2.14 bits per heavy atom. The van der Waals surface area contributed by atoms with Gasteiger partial charge in [-0.3, -0.25) is 14.2 Å². The van der Waals surface area contributed by atoms with Gasteiger partial charge in [0.05, 0.1) is 19.1 Å². The summed E-state index contributed by atoms with van der Waals surface area (Å²) in [7, 11) is 1.35. The molecule has 0 aliphatic heterocycles. The predicted molar refractivity (Wildman–Crippen MR) is 99.5 cm³/mol. The first-order valence-electron chi connectivity index (χ1n) is 8.24. The van der Waals surface area contributed by atoms with E-state index in [0.29, 0.717) is 16.7 Å². The average Bonchev–Trinajstić information content (AvgIpc) is 3.33. The number of ether oxygens (including phenoxy) is 1. The number of ketones is 1. The van der Waals surface area contributed by atoms with Gasteiger partial charge in [-0.25, -0.2) is 4.39 Å². The summed E-state index contributed by atoms with van der Waals surface area (Å²) in [5.41, 5.74) is 5.46. The second kappa shape index (κ2) is 8.70. The second-order valence-corrected chi connectivity index (χ2v) is 6.66. The van der Waals surface area contributed by atoms with Crippen LogP contribution in [0, 0.1) is 5.82 Å². The molecule has 28 heavy (non-hydrogen) atoms. The van der Waals surface area contributed by atoms with Crippen LogP contribution >= 0.6 is 11.8 Å². The second-order valence-electron chi connectivity index (χ2n) is 5.71. The number of nitrogens with zero attached hydrogens (tertiary/aromatic N) is 3. The lowest BCUT2D eigenvalue weighted by Crippen LogP contribution is -2.15. The van der Waals surface area contributed by atoms with Gasteiger partial charge in [0.15, 0.2) is 34.1 Å². The van der Waals surface area contributed by atoms with Gasteiger partial charge in [0, 0.05) is 18.5 Å². The zero-order valence-electron chi connectivity index (χ0n) is 14.9. The number of methoxy groups -OCH3 is 1. The van der Waals surface area contributed by atoms with Crippen molar-refractivity contribution in [2.45, 2.75) is 18.1 Å². The maximum atomic E-state index is 13.8. The third-order valence-electron chi connectivity index (χ3n) is 3.85. The lowest BCUT2D eigenvalue weighted by Gasteiger charge is -2.08. The van der Waals surface area contributed by atoms with Crippen LogP contribution in [0.2, 0.25) is 0 Å². The minimum atomic E-state index is -0.608. The van der Waals surface area contributed by atoms with Gasteiger partial charge in [0.25, 0.3) is 0 Å². The predicted octanol–water partition coefficient (Wildman–Crippen LogP) is 2.54. The number of hydrogen-bond acceptors (Lipinski definition) is 7. The Balaban J connectivity index is 1.77. The van der Waals surface area contributed by atoms with Crippen molar-refractivity contribution in [1.82, 2.24) is 14.8 Å². The van der Waals surface area contributed by atoms with Crippen LogP contribution in [0.25, 0.3) is 11.6 Å². The molecule has 0 aliphatic carbocycles. The monoisotopic (exact) mass is 404 g/mol.